The molecule has 1 aliphatic heterocycles. The highest BCUT2D eigenvalue weighted by Crippen LogP contribution is 2.29. The second kappa shape index (κ2) is 9.53. The van der Waals surface area contributed by atoms with Crippen molar-refractivity contribution in [2.45, 2.75) is 26.4 Å². The van der Waals surface area contributed by atoms with Crippen LogP contribution in [-0.4, -0.2) is 69.9 Å². The number of carbonyl (C=O) groups is 1. The Morgan fingerprint density at radius 2 is 1.87 bits per heavy atom. The zero-order chi connectivity index (χ0) is 27.1. The highest BCUT2D eigenvalue weighted by molar-refractivity contribution is 7.94. The summed E-state index contributed by atoms with van der Waals surface area (Å²) in [5.41, 5.74) is 3.11. The molecule has 0 aromatic carbocycles. The molecule has 0 atom stereocenters. The second-order valence-electron chi connectivity index (χ2n) is 9.99. The van der Waals surface area contributed by atoms with Crippen molar-refractivity contribution in [1.29, 1.82) is 5.26 Å². The van der Waals surface area contributed by atoms with Crippen LogP contribution in [0.4, 0.5) is 10.6 Å². The summed E-state index contributed by atoms with van der Waals surface area (Å²) in [5.74, 6) is 1.19. The molecule has 1 fully saturated rings. The van der Waals surface area contributed by atoms with Crippen molar-refractivity contribution in [1.82, 2.24) is 29.4 Å². The minimum Gasteiger partial charge on any atom is -0.442 e. The molecule has 196 valence electrons. The summed E-state index contributed by atoms with van der Waals surface area (Å²) in [5, 5.41) is 18.2. The van der Waals surface area contributed by atoms with Crippen molar-refractivity contribution in [3.63, 3.8) is 0 Å². The van der Waals surface area contributed by atoms with Crippen LogP contribution in [0.25, 0.3) is 28.0 Å². The van der Waals surface area contributed by atoms with Crippen LogP contribution in [0.5, 0.6) is 0 Å². The highest BCUT2D eigenvalue weighted by Gasteiger charge is 2.25. The largest absolute Gasteiger partial charge is 0.442 e. The minimum absolute atomic E-state index is 0.242. The van der Waals surface area contributed by atoms with Crippen LogP contribution < -0.4 is 4.90 Å². The Labute approximate surface area is 220 Å². The molecule has 38 heavy (non-hydrogen) atoms. The maximum atomic E-state index is 13.1. The average molecular weight is 534 g/mol. The molecule has 0 unspecified atom stereocenters. The van der Waals surface area contributed by atoms with Gasteiger partial charge in [0.1, 0.15) is 28.6 Å². The highest BCUT2D eigenvalue weighted by atomic mass is 32.2. The number of ether oxygens (including phenoxy) is 1. The molecule has 0 aliphatic carbocycles. The zero-order valence-corrected chi connectivity index (χ0v) is 22.3. The molecule has 0 bridgehead atoms. The Bertz CT molecular complexity index is 1670. The summed E-state index contributed by atoms with van der Waals surface area (Å²) in [7, 11) is -0.854. The Morgan fingerprint density at radius 3 is 2.47 bits per heavy atom. The molecule has 0 spiro atoms. The van der Waals surface area contributed by atoms with Gasteiger partial charge in [0.05, 0.1) is 51.2 Å². The van der Waals surface area contributed by atoms with Crippen molar-refractivity contribution < 1.29 is 13.7 Å². The van der Waals surface area contributed by atoms with Crippen LogP contribution >= 0.6 is 0 Å². The van der Waals surface area contributed by atoms with Crippen LogP contribution in [0.3, 0.4) is 0 Å². The zero-order valence-electron chi connectivity index (χ0n) is 21.5. The number of hydrogen-bond donors (Lipinski definition) is 0. The molecule has 0 N–H and O–H groups in total. The number of fused-ring (bicyclic) bond motifs is 1. The Hall–Kier alpha value is -4.31. The Balaban J connectivity index is 1.40. The van der Waals surface area contributed by atoms with Gasteiger partial charge < -0.3 is 9.64 Å². The van der Waals surface area contributed by atoms with Gasteiger partial charge in [-0.2, -0.15) is 15.5 Å². The van der Waals surface area contributed by atoms with Crippen molar-refractivity contribution >= 4 is 27.2 Å². The summed E-state index contributed by atoms with van der Waals surface area (Å²) in [6.45, 7) is 6.12. The standard InChI is InChI=1S/C25H27N9O3S/c1-25(2,3)37-24(35)31-38(36)9-7-33(8-10-38)21-6-5-17(12-27-21)22-23-18(11-26)13-29-34(23)16-20(30-22)19-14-28-32(4)15-19/h5-6,12-16H,7-10H2,1-4H3. The molecule has 5 heterocycles. The van der Waals surface area contributed by atoms with Crippen LogP contribution in [0, 0.1) is 11.3 Å². The van der Waals surface area contributed by atoms with Gasteiger partial charge >= 0.3 is 6.09 Å². The lowest BCUT2D eigenvalue weighted by Crippen LogP contribution is -2.41. The van der Waals surface area contributed by atoms with Crippen LogP contribution in [-0.2, 0) is 21.5 Å². The van der Waals surface area contributed by atoms with E-state index < -0.39 is 21.4 Å². The predicted molar refractivity (Wildman–Crippen MR) is 142 cm³/mol. The fraction of sp³-hybridized carbons (Fsp3) is 0.360. The summed E-state index contributed by atoms with van der Waals surface area (Å²) < 4.78 is 25.5. The molecule has 5 rings (SSSR count). The third-order valence-corrected chi connectivity index (χ3v) is 8.08. The van der Waals surface area contributed by atoms with E-state index >= 15 is 0 Å². The lowest BCUT2D eigenvalue weighted by Gasteiger charge is -2.29. The first-order valence-corrected chi connectivity index (χ1v) is 13.8. The summed E-state index contributed by atoms with van der Waals surface area (Å²) in [4.78, 5) is 23.5. The van der Waals surface area contributed by atoms with Crippen LogP contribution in [0.15, 0.2) is 47.5 Å². The predicted octanol–water partition coefficient (Wildman–Crippen LogP) is 3.29. The van der Waals surface area contributed by atoms with Gasteiger partial charge in [0, 0.05) is 43.7 Å². The van der Waals surface area contributed by atoms with Gasteiger partial charge in [-0.05, 0) is 32.9 Å². The van der Waals surface area contributed by atoms with E-state index in [1.165, 1.54) is 6.20 Å². The van der Waals surface area contributed by atoms with Gasteiger partial charge in [0.25, 0.3) is 0 Å². The number of nitriles is 1. The lowest BCUT2D eigenvalue weighted by atomic mass is 10.1. The van der Waals surface area contributed by atoms with Crippen LogP contribution in [0.1, 0.15) is 26.3 Å². The number of anilines is 1. The number of aryl methyl sites for hydroxylation is 1. The van der Waals surface area contributed by atoms with Gasteiger partial charge in [0.2, 0.25) is 0 Å². The number of aromatic nitrogens is 6. The molecular weight excluding hydrogens is 506 g/mol. The van der Waals surface area contributed by atoms with E-state index in [0.717, 1.165) is 11.1 Å². The van der Waals surface area contributed by atoms with Crippen molar-refractivity contribution in [2.24, 2.45) is 11.4 Å². The summed E-state index contributed by atoms with van der Waals surface area (Å²) in [6, 6.07) is 5.94. The molecular formula is C25H27N9O3S. The monoisotopic (exact) mass is 533 g/mol. The molecule has 1 aliphatic rings. The first-order chi connectivity index (χ1) is 18.0. The maximum absolute atomic E-state index is 13.1. The van der Waals surface area contributed by atoms with E-state index in [1.807, 2.05) is 30.3 Å². The maximum Gasteiger partial charge on any atom is 0.442 e. The van der Waals surface area contributed by atoms with Gasteiger partial charge in [-0.3, -0.25) is 4.68 Å². The number of rotatable bonds is 3. The topological polar surface area (TPSA) is 144 Å². The van der Waals surface area contributed by atoms with E-state index in [1.54, 1.807) is 48.6 Å². The van der Waals surface area contributed by atoms with Crippen LogP contribution in [0.2, 0.25) is 0 Å². The first-order valence-electron chi connectivity index (χ1n) is 12.0. The normalized spacial score (nSPS) is 15.3. The molecule has 4 aromatic heterocycles. The van der Waals surface area contributed by atoms with E-state index in [0.29, 0.717) is 41.4 Å². The molecule has 1 saturated heterocycles. The van der Waals surface area contributed by atoms with Gasteiger partial charge in [-0.15, -0.1) is 4.36 Å². The Morgan fingerprint density at radius 1 is 1.11 bits per heavy atom. The quantitative estimate of drug-likeness (QED) is 0.387. The molecule has 0 radical (unpaired) electrons. The van der Waals surface area contributed by atoms with Gasteiger partial charge in [-0.1, -0.05) is 0 Å². The third-order valence-electron chi connectivity index (χ3n) is 5.96. The first kappa shape index (κ1) is 25.3. The van der Waals surface area contributed by atoms with Crippen molar-refractivity contribution in [3.8, 4) is 28.6 Å². The van der Waals surface area contributed by atoms with E-state index in [4.69, 9.17) is 9.72 Å². The third kappa shape index (κ3) is 5.21. The van der Waals surface area contributed by atoms with E-state index in [9.17, 15) is 14.3 Å². The fourth-order valence-electron chi connectivity index (χ4n) is 4.16. The number of carbonyl (C=O) groups excluding carboxylic acids is 1. The minimum atomic E-state index is -2.69. The molecule has 0 saturated carbocycles. The number of pyridine rings is 1. The summed E-state index contributed by atoms with van der Waals surface area (Å²) in [6.07, 6.45) is 7.78. The van der Waals surface area contributed by atoms with Gasteiger partial charge in [0.15, 0.2) is 0 Å². The average Bonchev–Trinajstić information content (AvgIpc) is 3.48. The number of nitrogens with zero attached hydrogens (tertiary/aromatic N) is 9. The SMILES string of the molecule is Cn1cc(-c2cn3ncc(C#N)c3c(-c3ccc(N4CCS(=O)(=NC(=O)OC(C)(C)C)CC4)nc3)n2)cn1. The lowest BCUT2D eigenvalue weighted by molar-refractivity contribution is 0.0607. The van der Waals surface area contributed by atoms with Crippen molar-refractivity contribution in [2.75, 3.05) is 29.5 Å². The Kier molecular flexibility index (Phi) is 6.36. The van der Waals surface area contributed by atoms with Crippen molar-refractivity contribution in [3.05, 3.63) is 48.7 Å². The molecule has 1 amide bonds. The molecule has 13 heteroatoms. The number of amides is 1. The van der Waals surface area contributed by atoms with E-state index in [2.05, 4.69) is 25.6 Å². The van der Waals surface area contributed by atoms with E-state index in [-0.39, 0.29) is 11.5 Å². The molecule has 12 nitrogen and oxygen atoms in total. The molecule has 4 aromatic rings. The smallest absolute Gasteiger partial charge is 0.442 e. The second-order valence-corrected chi connectivity index (χ2v) is 12.5. The summed E-state index contributed by atoms with van der Waals surface area (Å²) >= 11 is 0. The number of hydrogen-bond acceptors (Lipinski definition) is 9. The van der Waals surface area contributed by atoms with Gasteiger partial charge in [-0.25, -0.2) is 23.5 Å². The fourth-order valence-corrected chi connectivity index (χ4v) is 5.87.